The maximum absolute atomic E-state index is 13.0. The summed E-state index contributed by atoms with van der Waals surface area (Å²) in [6.45, 7) is 0.105. The van der Waals surface area contributed by atoms with Crippen LogP contribution in [0.2, 0.25) is 0 Å². The van der Waals surface area contributed by atoms with Crippen molar-refractivity contribution in [1.29, 1.82) is 0 Å². The van der Waals surface area contributed by atoms with Gasteiger partial charge in [-0.2, -0.15) is 0 Å². The highest BCUT2D eigenvalue weighted by Gasteiger charge is 2.28. The summed E-state index contributed by atoms with van der Waals surface area (Å²) in [5.74, 6) is -1.14. The van der Waals surface area contributed by atoms with Crippen molar-refractivity contribution in [3.63, 3.8) is 0 Å². The van der Waals surface area contributed by atoms with Crippen molar-refractivity contribution in [3.05, 3.63) is 34.1 Å². The first kappa shape index (κ1) is 17.9. The molecular weight excluding hydrogens is 391 g/mol. The summed E-state index contributed by atoms with van der Waals surface area (Å²) in [4.78, 5) is 23.6. The number of carbonyl (C=O) groups excluding carboxylic acids is 2. The second-order valence-corrected chi connectivity index (χ2v) is 8.38. The Balaban J connectivity index is 1.76. The third kappa shape index (κ3) is 5.28. The summed E-state index contributed by atoms with van der Waals surface area (Å²) in [5.41, 5.74) is 0.272. The van der Waals surface area contributed by atoms with Crippen LogP contribution in [-0.4, -0.2) is 44.3 Å². The van der Waals surface area contributed by atoms with Crippen LogP contribution in [0.4, 0.5) is 4.39 Å². The molecule has 1 fully saturated rings. The fourth-order valence-corrected chi connectivity index (χ4v) is 4.47. The van der Waals surface area contributed by atoms with Gasteiger partial charge in [0.2, 0.25) is 5.91 Å². The van der Waals surface area contributed by atoms with Gasteiger partial charge in [-0.3, -0.25) is 9.59 Å². The van der Waals surface area contributed by atoms with Crippen LogP contribution in [-0.2, 0) is 14.6 Å². The molecule has 2 amide bonds. The van der Waals surface area contributed by atoms with E-state index in [2.05, 4.69) is 26.6 Å². The highest BCUT2D eigenvalue weighted by Crippen LogP contribution is 2.17. The lowest BCUT2D eigenvalue weighted by molar-refractivity contribution is -0.121. The van der Waals surface area contributed by atoms with Gasteiger partial charge >= 0.3 is 0 Å². The van der Waals surface area contributed by atoms with Crippen molar-refractivity contribution in [3.8, 4) is 0 Å². The van der Waals surface area contributed by atoms with Gasteiger partial charge in [-0.05, 0) is 40.5 Å². The highest BCUT2D eigenvalue weighted by molar-refractivity contribution is 9.10. The second-order valence-electron chi connectivity index (χ2n) is 5.30. The molecule has 23 heavy (non-hydrogen) atoms. The van der Waals surface area contributed by atoms with E-state index in [0.29, 0.717) is 10.9 Å². The molecule has 0 radical (unpaired) electrons. The van der Waals surface area contributed by atoms with E-state index in [-0.39, 0.29) is 42.0 Å². The predicted molar refractivity (Wildman–Crippen MR) is 86.3 cm³/mol. The van der Waals surface area contributed by atoms with Gasteiger partial charge in [0.1, 0.15) is 5.82 Å². The number of halogens is 2. The van der Waals surface area contributed by atoms with Gasteiger partial charge in [-0.15, -0.1) is 0 Å². The van der Waals surface area contributed by atoms with Crippen LogP contribution in [0.15, 0.2) is 22.7 Å². The standard InChI is InChI=1S/C14H16BrFN2O4S/c15-12-7-9(16)1-2-11(12)14(20)17-5-3-13(19)18-10-4-6-23(21,22)8-10/h1-2,7,10H,3-6,8H2,(H,17,20)(H,18,19)/t10-/m1/s1. The van der Waals surface area contributed by atoms with Crippen LogP contribution < -0.4 is 10.6 Å². The van der Waals surface area contributed by atoms with E-state index in [1.54, 1.807) is 0 Å². The minimum Gasteiger partial charge on any atom is -0.352 e. The normalized spacial score (nSPS) is 19.3. The zero-order valence-corrected chi connectivity index (χ0v) is 14.5. The number of sulfone groups is 1. The Kier molecular flexibility index (Phi) is 5.74. The molecule has 0 aliphatic carbocycles. The molecule has 1 saturated heterocycles. The van der Waals surface area contributed by atoms with Crippen LogP contribution in [0.5, 0.6) is 0 Å². The Labute approximate surface area is 141 Å². The number of hydrogen-bond donors (Lipinski definition) is 2. The quantitative estimate of drug-likeness (QED) is 0.762. The third-order valence-electron chi connectivity index (χ3n) is 3.41. The number of rotatable bonds is 5. The molecule has 2 rings (SSSR count). The molecule has 0 unspecified atom stereocenters. The zero-order chi connectivity index (χ0) is 17.0. The molecule has 0 aromatic heterocycles. The molecule has 1 aromatic carbocycles. The average molecular weight is 407 g/mol. The Bertz CT molecular complexity index is 723. The van der Waals surface area contributed by atoms with Gasteiger partial charge in [-0.25, -0.2) is 12.8 Å². The van der Waals surface area contributed by atoms with Gasteiger partial charge in [0.05, 0.1) is 17.1 Å². The maximum atomic E-state index is 13.0. The Hall–Kier alpha value is -1.48. The smallest absolute Gasteiger partial charge is 0.252 e. The number of hydrogen-bond acceptors (Lipinski definition) is 4. The van der Waals surface area contributed by atoms with Crippen molar-refractivity contribution in [2.24, 2.45) is 0 Å². The summed E-state index contributed by atoms with van der Waals surface area (Å²) >= 11 is 3.10. The number of benzene rings is 1. The SMILES string of the molecule is O=C(CCNC(=O)c1ccc(F)cc1Br)N[C@@H]1CCS(=O)(=O)C1. The van der Waals surface area contributed by atoms with E-state index in [0.717, 1.165) is 0 Å². The molecule has 0 saturated carbocycles. The fraction of sp³-hybridized carbons (Fsp3) is 0.429. The Morgan fingerprint density at radius 3 is 2.70 bits per heavy atom. The average Bonchev–Trinajstić information content (AvgIpc) is 2.77. The van der Waals surface area contributed by atoms with Crippen molar-refractivity contribution in [1.82, 2.24) is 10.6 Å². The maximum Gasteiger partial charge on any atom is 0.252 e. The summed E-state index contributed by atoms with van der Waals surface area (Å²) in [7, 11) is -3.04. The molecule has 0 spiro atoms. The molecule has 9 heteroatoms. The summed E-state index contributed by atoms with van der Waals surface area (Å²) in [6.07, 6.45) is 0.462. The first-order valence-electron chi connectivity index (χ1n) is 7.00. The number of amides is 2. The largest absolute Gasteiger partial charge is 0.352 e. The first-order chi connectivity index (χ1) is 10.8. The number of carbonyl (C=O) groups is 2. The van der Waals surface area contributed by atoms with Gasteiger partial charge in [0.15, 0.2) is 9.84 Å². The van der Waals surface area contributed by atoms with E-state index in [1.165, 1.54) is 18.2 Å². The molecule has 2 N–H and O–H groups in total. The summed E-state index contributed by atoms with van der Waals surface area (Å²) in [5, 5.41) is 5.20. The van der Waals surface area contributed by atoms with E-state index in [9.17, 15) is 22.4 Å². The van der Waals surface area contributed by atoms with Crippen molar-refractivity contribution >= 4 is 37.6 Å². The van der Waals surface area contributed by atoms with Crippen LogP contribution in [0.3, 0.4) is 0 Å². The van der Waals surface area contributed by atoms with E-state index < -0.39 is 21.6 Å². The van der Waals surface area contributed by atoms with Gasteiger partial charge in [0, 0.05) is 23.5 Å². The molecule has 1 aromatic rings. The Morgan fingerprint density at radius 1 is 1.35 bits per heavy atom. The lowest BCUT2D eigenvalue weighted by Gasteiger charge is -2.11. The predicted octanol–water partition coefficient (Wildman–Crippen LogP) is 1.01. The van der Waals surface area contributed by atoms with Crippen LogP contribution in [0.1, 0.15) is 23.2 Å². The topological polar surface area (TPSA) is 92.3 Å². The van der Waals surface area contributed by atoms with E-state index in [1.807, 2.05) is 0 Å². The van der Waals surface area contributed by atoms with Crippen molar-refractivity contribution in [2.75, 3.05) is 18.1 Å². The molecular formula is C14H16BrFN2O4S. The van der Waals surface area contributed by atoms with E-state index >= 15 is 0 Å². The first-order valence-corrected chi connectivity index (χ1v) is 9.61. The Morgan fingerprint density at radius 2 is 2.09 bits per heavy atom. The minimum atomic E-state index is -3.04. The molecule has 1 atom stereocenters. The van der Waals surface area contributed by atoms with Crippen molar-refractivity contribution < 1.29 is 22.4 Å². The van der Waals surface area contributed by atoms with E-state index in [4.69, 9.17) is 0 Å². The van der Waals surface area contributed by atoms with Gasteiger partial charge in [-0.1, -0.05) is 0 Å². The van der Waals surface area contributed by atoms with Crippen LogP contribution >= 0.6 is 15.9 Å². The fourth-order valence-electron chi connectivity index (χ4n) is 2.27. The zero-order valence-electron chi connectivity index (χ0n) is 12.1. The lowest BCUT2D eigenvalue weighted by Crippen LogP contribution is -2.37. The van der Waals surface area contributed by atoms with Gasteiger partial charge in [0.25, 0.3) is 5.91 Å². The second kappa shape index (κ2) is 7.39. The summed E-state index contributed by atoms with van der Waals surface area (Å²) < 4.78 is 35.9. The minimum absolute atomic E-state index is 0.0341. The molecule has 126 valence electrons. The van der Waals surface area contributed by atoms with Crippen LogP contribution in [0.25, 0.3) is 0 Å². The molecule has 0 bridgehead atoms. The lowest BCUT2D eigenvalue weighted by atomic mass is 10.2. The van der Waals surface area contributed by atoms with Gasteiger partial charge < -0.3 is 10.6 Å². The molecule has 1 aliphatic rings. The highest BCUT2D eigenvalue weighted by atomic mass is 79.9. The monoisotopic (exact) mass is 406 g/mol. The molecule has 1 heterocycles. The number of nitrogens with one attached hydrogen (secondary N) is 2. The van der Waals surface area contributed by atoms with Crippen molar-refractivity contribution in [2.45, 2.75) is 18.9 Å². The van der Waals surface area contributed by atoms with Crippen LogP contribution in [0, 0.1) is 5.82 Å². The third-order valence-corrected chi connectivity index (χ3v) is 5.83. The molecule has 6 nitrogen and oxygen atoms in total. The summed E-state index contributed by atoms with van der Waals surface area (Å²) in [6, 6.07) is 3.35. The molecule has 1 aliphatic heterocycles.